The summed E-state index contributed by atoms with van der Waals surface area (Å²) in [6.45, 7) is 7.35. The van der Waals surface area contributed by atoms with Crippen LogP contribution in [-0.4, -0.2) is 40.5 Å². The van der Waals surface area contributed by atoms with Gasteiger partial charge in [0.15, 0.2) is 0 Å². The Balaban J connectivity index is 2.62. The Kier molecular flexibility index (Phi) is 5.74. The van der Waals surface area contributed by atoms with Crippen molar-refractivity contribution >= 4 is 10.0 Å². The third kappa shape index (κ3) is 6.50. The summed E-state index contributed by atoms with van der Waals surface area (Å²) in [5.74, 6) is 0.0344. The zero-order chi connectivity index (χ0) is 15.4. The van der Waals surface area contributed by atoms with E-state index in [0.717, 1.165) is 17.7 Å². The summed E-state index contributed by atoms with van der Waals surface area (Å²) in [7, 11) is 0.689. The van der Waals surface area contributed by atoms with E-state index >= 15 is 0 Å². The standard InChI is InChI=1S/C15H26N2O2S/c1-13-7-6-8-14(9-13)10-20(18,19)16-11-15(2,3)12-17(4)5/h6-9,16H,10-12H2,1-5H3. The summed E-state index contributed by atoms with van der Waals surface area (Å²) in [4.78, 5) is 2.06. The Labute approximate surface area is 123 Å². The van der Waals surface area contributed by atoms with Gasteiger partial charge in [-0.3, -0.25) is 0 Å². The average molecular weight is 298 g/mol. The van der Waals surface area contributed by atoms with Crippen molar-refractivity contribution in [3.63, 3.8) is 0 Å². The van der Waals surface area contributed by atoms with Crippen LogP contribution in [0.3, 0.4) is 0 Å². The smallest absolute Gasteiger partial charge is 0.215 e. The topological polar surface area (TPSA) is 49.4 Å². The molecule has 0 aliphatic heterocycles. The zero-order valence-corrected chi connectivity index (χ0v) is 13.9. The SMILES string of the molecule is Cc1cccc(CS(=O)(=O)NCC(C)(C)CN(C)C)c1. The number of nitrogens with zero attached hydrogens (tertiary/aromatic N) is 1. The van der Waals surface area contributed by atoms with Gasteiger partial charge in [-0.1, -0.05) is 43.7 Å². The molecule has 0 saturated carbocycles. The summed E-state index contributed by atoms with van der Waals surface area (Å²) >= 11 is 0. The summed E-state index contributed by atoms with van der Waals surface area (Å²) in [5.41, 5.74) is 1.80. The molecule has 1 aromatic rings. The maximum Gasteiger partial charge on any atom is 0.215 e. The van der Waals surface area contributed by atoms with Crippen LogP contribution in [0.5, 0.6) is 0 Å². The van der Waals surface area contributed by atoms with E-state index in [0.29, 0.717) is 6.54 Å². The Morgan fingerprint density at radius 2 is 1.90 bits per heavy atom. The largest absolute Gasteiger partial charge is 0.309 e. The maximum atomic E-state index is 12.1. The number of sulfonamides is 1. The summed E-state index contributed by atoms with van der Waals surface area (Å²) in [5, 5.41) is 0. The van der Waals surface area contributed by atoms with Crippen LogP contribution in [0, 0.1) is 12.3 Å². The molecule has 20 heavy (non-hydrogen) atoms. The van der Waals surface area contributed by atoms with E-state index in [9.17, 15) is 8.42 Å². The summed E-state index contributed by atoms with van der Waals surface area (Å²) in [6.07, 6.45) is 0. The molecule has 0 unspecified atom stereocenters. The van der Waals surface area contributed by atoms with E-state index in [1.807, 2.05) is 45.3 Å². The van der Waals surface area contributed by atoms with Gasteiger partial charge in [0.1, 0.15) is 0 Å². The first-order valence-corrected chi connectivity index (χ1v) is 8.42. The van der Waals surface area contributed by atoms with Crippen LogP contribution in [-0.2, 0) is 15.8 Å². The lowest BCUT2D eigenvalue weighted by Gasteiger charge is -2.28. The number of hydrogen-bond donors (Lipinski definition) is 1. The Morgan fingerprint density at radius 3 is 2.45 bits per heavy atom. The number of benzene rings is 1. The van der Waals surface area contributed by atoms with Crippen molar-refractivity contribution in [2.45, 2.75) is 26.5 Å². The molecular weight excluding hydrogens is 272 g/mol. The third-order valence-electron chi connectivity index (χ3n) is 2.95. The molecule has 0 amide bonds. The van der Waals surface area contributed by atoms with Gasteiger partial charge in [-0.05, 0) is 32.0 Å². The van der Waals surface area contributed by atoms with Crippen LogP contribution < -0.4 is 4.72 Å². The highest BCUT2D eigenvalue weighted by Gasteiger charge is 2.22. The van der Waals surface area contributed by atoms with Crippen LogP contribution in [0.25, 0.3) is 0 Å². The normalized spacial score (nSPS) is 12.9. The van der Waals surface area contributed by atoms with Gasteiger partial charge in [-0.25, -0.2) is 13.1 Å². The molecule has 0 aliphatic carbocycles. The lowest BCUT2D eigenvalue weighted by atomic mass is 9.93. The number of aryl methyl sites for hydroxylation is 1. The second-order valence-electron chi connectivity index (χ2n) is 6.47. The van der Waals surface area contributed by atoms with Gasteiger partial charge in [0, 0.05) is 13.1 Å². The molecule has 0 bridgehead atoms. The molecule has 0 heterocycles. The molecular formula is C15H26N2O2S. The Morgan fingerprint density at radius 1 is 1.25 bits per heavy atom. The average Bonchev–Trinajstić information content (AvgIpc) is 2.24. The number of rotatable bonds is 7. The fourth-order valence-electron chi connectivity index (χ4n) is 2.29. The quantitative estimate of drug-likeness (QED) is 0.837. The zero-order valence-electron chi connectivity index (χ0n) is 13.1. The molecule has 1 N–H and O–H groups in total. The van der Waals surface area contributed by atoms with E-state index in [1.54, 1.807) is 0 Å². The van der Waals surface area contributed by atoms with Gasteiger partial charge in [0.25, 0.3) is 0 Å². The van der Waals surface area contributed by atoms with Crippen molar-refractivity contribution in [1.82, 2.24) is 9.62 Å². The summed E-state index contributed by atoms with van der Waals surface area (Å²) in [6, 6.07) is 7.60. The lowest BCUT2D eigenvalue weighted by molar-refractivity contribution is 0.242. The Bertz CT molecular complexity index is 537. The molecule has 0 saturated heterocycles. The fourth-order valence-corrected chi connectivity index (χ4v) is 3.62. The van der Waals surface area contributed by atoms with Crippen LogP contribution >= 0.6 is 0 Å². The van der Waals surface area contributed by atoms with Gasteiger partial charge < -0.3 is 4.90 Å². The first-order valence-electron chi connectivity index (χ1n) is 6.77. The third-order valence-corrected chi connectivity index (χ3v) is 4.25. The van der Waals surface area contributed by atoms with E-state index < -0.39 is 10.0 Å². The maximum absolute atomic E-state index is 12.1. The van der Waals surface area contributed by atoms with E-state index in [-0.39, 0.29) is 11.2 Å². The molecule has 0 fully saturated rings. The second-order valence-corrected chi connectivity index (χ2v) is 8.28. The fraction of sp³-hybridized carbons (Fsp3) is 0.600. The first-order chi connectivity index (χ1) is 9.10. The van der Waals surface area contributed by atoms with E-state index in [1.165, 1.54) is 0 Å². The first kappa shape index (κ1) is 17.1. The van der Waals surface area contributed by atoms with Crippen molar-refractivity contribution < 1.29 is 8.42 Å². The van der Waals surface area contributed by atoms with E-state index in [2.05, 4.69) is 23.5 Å². The molecule has 0 spiro atoms. The van der Waals surface area contributed by atoms with Crippen LogP contribution in [0.1, 0.15) is 25.0 Å². The van der Waals surface area contributed by atoms with Gasteiger partial charge >= 0.3 is 0 Å². The highest BCUT2D eigenvalue weighted by molar-refractivity contribution is 7.88. The predicted octanol–water partition coefficient (Wildman–Crippen LogP) is 2.00. The number of nitrogens with one attached hydrogen (secondary N) is 1. The van der Waals surface area contributed by atoms with Gasteiger partial charge in [0.05, 0.1) is 5.75 Å². The summed E-state index contributed by atoms with van der Waals surface area (Å²) < 4.78 is 27.0. The van der Waals surface area contributed by atoms with Crippen molar-refractivity contribution in [2.75, 3.05) is 27.2 Å². The monoisotopic (exact) mass is 298 g/mol. The van der Waals surface area contributed by atoms with Crippen molar-refractivity contribution in [3.8, 4) is 0 Å². The van der Waals surface area contributed by atoms with Crippen LogP contribution in [0.4, 0.5) is 0 Å². The molecule has 5 heteroatoms. The van der Waals surface area contributed by atoms with Crippen LogP contribution in [0.2, 0.25) is 0 Å². The molecule has 1 aromatic carbocycles. The van der Waals surface area contributed by atoms with Gasteiger partial charge in [0.2, 0.25) is 10.0 Å². The minimum Gasteiger partial charge on any atom is -0.309 e. The van der Waals surface area contributed by atoms with Crippen LogP contribution in [0.15, 0.2) is 24.3 Å². The molecule has 0 atom stereocenters. The molecule has 114 valence electrons. The highest BCUT2D eigenvalue weighted by atomic mass is 32.2. The van der Waals surface area contributed by atoms with Crippen molar-refractivity contribution in [1.29, 1.82) is 0 Å². The van der Waals surface area contributed by atoms with Crippen molar-refractivity contribution in [3.05, 3.63) is 35.4 Å². The molecule has 0 radical (unpaired) electrons. The van der Waals surface area contributed by atoms with E-state index in [4.69, 9.17) is 0 Å². The molecule has 0 aliphatic rings. The molecule has 4 nitrogen and oxygen atoms in total. The van der Waals surface area contributed by atoms with Crippen molar-refractivity contribution in [2.24, 2.45) is 5.41 Å². The minimum atomic E-state index is -3.29. The lowest BCUT2D eigenvalue weighted by Crippen LogP contribution is -2.40. The Hall–Kier alpha value is -0.910. The highest BCUT2D eigenvalue weighted by Crippen LogP contribution is 2.15. The molecule has 0 aromatic heterocycles. The predicted molar refractivity (Wildman–Crippen MR) is 84.1 cm³/mol. The van der Waals surface area contributed by atoms with Gasteiger partial charge in [-0.15, -0.1) is 0 Å². The van der Waals surface area contributed by atoms with Gasteiger partial charge in [-0.2, -0.15) is 0 Å². The number of hydrogen-bond acceptors (Lipinski definition) is 3. The minimum absolute atomic E-state index is 0.0344. The molecule has 1 rings (SSSR count). The second kappa shape index (κ2) is 6.70.